The second-order valence-electron chi connectivity index (χ2n) is 3.93. The third-order valence-corrected chi connectivity index (χ3v) is 1.88. The van der Waals surface area contributed by atoms with E-state index < -0.39 is 0 Å². The molecule has 1 N–H and O–H groups in total. The molecule has 0 amide bonds. The zero-order valence-corrected chi connectivity index (χ0v) is 9.64. The number of nitrogens with one attached hydrogen (secondary N) is 1. The molecule has 0 fully saturated rings. The van der Waals surface area contributed by atoms with E-state index in [0.717, 1.165) is 25.8 Å². The molecule has 0 unspecified atom stereocenters. The monoisotopic (exact) mass is 201 g/mol. The van der Waals surface area contributed by atoms with Gasteiger partial charge in [0.25, 0.3) is 0 Å². The SMILES string of the molecule is CCCNCC(=O)OCCCC(C)C. The van der Waals surface area contributed by atoms with Crippen molar-refractivity contribution in [1.29, 1.82) is 0 Å². The molecule has 0 saturated carbocycles. The van der Waals surface area contributed by atoms with Crippen LogP contribution in [-0.2, 0) is 9.53 Å². The first-order valence-electron chi connectivity index (χ1n) is 5.53. The average molecular weight is 201 g/mol. The van der Waals surface area contributed by atoms with Crippen LogP contribution in [0, 0.1) is 5.92 Å². The third kappa shape index (κ3) is 9.52. The highest BCUT2D eigenvalue weighted by Gasteiger charge is 2.01. The lowest BCUT2D eigenvalue weighted by atomic mass is 10.1. The van der Waals surface area contributed by atoms with E-state index in [4.69, 9.17) is 4.74 Å². The molecule has 0 aromatic heterocycles. The molecule has 0 bridgehead atoms. The van der Waals surface area contributed by atoms with E-state index in [1.807, 2.05) is 0 Å². The first kappa shape index (κ1) is 13.4. The van der Waals surface area contributed by atoms with Crippen LogP contribution in [0.5, 0.6) is 0 Å². The van der Waals surface area contributed by atoms with E-state index in [9.17, 15) is 4.79 Å². The summed E-state index contributed by atoms with van der Waals surface area (Å²) < 4.78 is 5.04. The van der Waals surface area contributed by atoms with Crippen LogP contribution >= 0.6 is 0 Å². The largest absolute Gasteiger partial charge is 0.465 e. The minimum atomic E-state index is -0.137. The topological polar surface area (TPSA) is 38.3 Å². The molecule has 84 valence electrons. The molecule has 0 rings (SSSR count). The smallest absolute Gasteiger partial charge is 0.319 e. The van der Waals surface area contributed by atoms with E-state index in [-0.39, 0.29) is 5.97 Å². The van der Waals surface area contributed by atoms with Gasteiger partial charge < -0.3 is 10.1 Å². The Morgan fingerprint density at radius 1 is 1.43 bits per heavy atom. The lowest BCUT2D eigenvalue weighted by Gasteiger charge is -2.06. The Morgan fingerprint density at radius 2 is 2.14 bits per heavy atom. The van der Waals surface area contributed by atoms with Crippen LogP contribution < -0.4 is 5.32 Å². The van der Waals surface area contributed by atoms with Crippen LogP contribution in [0.15, 0.2) is 0 Å². The Kier molecular flexibility index (Phi) is 8.64. The van der Waals surface area contributed by atoms with Gasteiger partial charge in [-0.15, -0.1) is 0 Å². The number of carbonyl (C=O) groups is 1. The second-order valence-corrected chi connectivity index (χ2v) is 3.93. The summed E-state index contributed by atoms with van der Waals surface area (Å²) in [5, 5.41) is 3.01. The second kappa shape index (κ2) is 9.00. The van der Waals surface area contributed by atoms with Crippen LogP contribution in [0.4, 0.5) is 0 Å². The van der Waals surface area contributed by atoms with Crippen molar-refractivity contribution in [3.8, 4) is 0 Å². The maximum Gasteiger partial charge on any atom is 0.319 e. The molecule has 0 aromatic carbocycles. The molecule has 0 spiro atoms. The van der Waals surface area contributed by atoms with Crippen LogP contribution in [-0.4, -0.2) is 25.7 Å². The fourth-order valence-corrected chi connectivity index (χ4v) is 1.10. The molecular formula is C11H23NO2. The maximum absolute atomic E-state index is 11.1. The van der Waals surface area contributed by atoms with E-state index in [1.54, 1.807) is 0 Å². The van der Waals surface area contributed by atoms with Crippen LogP contribution in [0.1, 0.15) is 40.0 Å². The van der Waals surface area contributed by atoms with Gasteiger partial charge in [0.15, 0.2) is 0 Å². The van der Waals surface area contributed by atoms with Crippen molar-refractivity contribution in [3.05, 3.63) is 0 Å². The molecule has 0 aliphatic heterocycles. The summed E-state index contributed by atoms with van der Waals surface area (Å²) in [6.45, 7) is 8.19. The van der Waals surface area contributed by atoms with E-state index >= 15 is 0 Å². The Hall–Kier alpha value is -0.570. The van der Waals surface area contributed by atoms with E-state index in [2.05, 4.69) is 26.1 Å². The van der Waals surface area contributed by atoms with Gasteiger partial charge in [-0.05, 0) is 31.7 Å². The molecular weight excluding hydrogens is 178 g/mol. The third-order valence-electron chi connectivity index (χ3n) is 1.88. The molecule has 0 radical (unpaired) electrons. The lowest BCUT2D eigenvalue weighted by molar-refractivity contribution is -0.142. The van der Waals surface area contributed by atoms with Gasteiger partial charge in [-0.1, -0.05) is 20.8 Å². The number of hydrogen-bond acceptors (Lipinski definition) is 3. The van der Waals surface area contributed by atoms with Gasteiger partial charge in [0.2, 0.25) is 0 Å². The van der Waals surface area contributed by atoms with E-state index in [0.29, 0.717) is 19.1 Å². The standard InChI is InChI=1S/C11H23NO2/c1-4-7-12-9-11(13)14-8-5-6-10(2)3/h10,12H,4-9H2,1-3H3. The molecule has 0 saturated heterocycles. The minimum absolute atomic E-state index is 0.137. The molecule has 3 heteroatoms. The molecule has 0 aliphatic carbocycles. The van der Waals surface area contributed by atoms with Gasteiger partial charge >= 0.3 is 5.97 Å². The highest BCUT2D eigenvalue weighted by atomic mass is 16.5. The summed E-state index contributed by atoms with van der Waals surface area (Å²) in [6, 6.07) is 0. The minimum Gasteiger partial charge on any atom is -0.465 e. The van der Waals surface area contributed by atoms with Crippen molar-refractivity contribution in [2.75, 3.05) is 19.7 Å². The summed E-state index contributed by atoms with van der Waals surface area (Å²) in [6.07, 6.45) is 3.13. The summed E-state index contributed by atoms with van der Waals surface area (Å²) in [5.41, 5.74) is 0. The Labute approximate surface area is 87.2 Å². The molecule has 14 heavy (non-hydrogen) atoms. The van der Waals surface area contributed by atoms with Crippen molar-refractivity contribution >= 4 is 5.97 Å². The quantitative estimate of drug-likeness (QED) is 0.482. The maximum atomic E-state index is 11.1. The highest BCUT2D eigenvalue weighted by Crippen LogP contribution is 2.02. The van der Waals surface area contributed by atoms with Gasteiger partial charge in [-0.3, -0.25) is 4.79 Å². The van der Waals surface area contributed by atoms with E-state index in [1.165, 1.54) is 0 Å². The zero-order chi connectivity index (χ0) is 10.8. The molecule has 0 atom stereocenters. The zero-order valence-electron chi connectivity index (χ0n) is 9.64. The molecule has 0 heterocycles. The summed E-state index contributed by atoms with van der Waals surface area (Å²) in [7, 11) is 0. The van der Waals surface area contributed by atoms with Crippen LogP contribution in [0.25, 0.3) is 0 Å². The number of ether oxygens (including phenoxy) is 1. The first-order chi connectivity index (χ1) is 6.66. The van der Waals surface area contributed by atoms with Crippen LogP contribution in [0.2, 0.25) is 0 Å². The molecule has 0 aliphatic rings. The van der Waals surface area contributed by atoms with Gasteiger partial charge in [-0.2, -0.15) is 0 Å². The summed E-state index contributed by atoms with van der Waals surface area (Å²) in [5.74, 6) is 0.550. The van der Waals surface area contributed by atoms with Crippen molar-refractivity contribution in [3.63, 3.8) is 0 Å². The van der Waals surface area contributed by atoms with Crippen LogP contribution in [0.3, 0.4) is 0 Å². The predicted molar refractivity (Wildman–Crippen MR) is 58.2 cm³/mol. The Morgan fingerprint density at radius 3 is 2.71 bits per heavy atom. The molecule has 0 aromatic rings. The van der Waals surface area contributed by atoms with Crippen molar-refractivity contribution in [2.24, 2.45) is 5.92 Å². The lowest BCUT2D eigenvalue weighted by Crippen LogP contribution is -2.25. The fourth-order valence-electron chi connectivity index (χ4n) is 1.10. The average Bonchev–Trinajstić information content (AvgIpc) is 2.13. The van der Waals surface area contributed by atoms with Crippen molar-refractivity contribution < 1.29 is 9.53 Å². The number of rotatable bonds is 8. The van der Waals surface area contributed by atoms with Gasteiger partial charge in [0, 0.05) is 0 Å². The Bertz CT molecular complexity index is 146. The van der Waals surface area contributed by atoms with Gasteiger partial charge in [-0.25, -0.2) is 0 Å². The highest BCUT2D eigenvalue weighted by molar-refractivity contribution is 5.71. The number of carbonyl (C=O) groups excluding carboxylic acids is 1. The van der Waals surface area contributed by atoms with Crippen molar-refractivity contribution in [1.82, 2.24) is 5.32 Å². The number of esters is 1. The fraction of sp³-hybridized carbons (Fsp3) is 0.909. The summed E-state index contributed by atoms with van der Waals surface area (Å²) in [4.78, 5) is 11.1. The predicted octanol–water partition coefficient (Wildman–Crippen LogP) is 1.97. The van der Waals surface area contributed by atoms with Gasteiger partial charge in [0.1, 0.15) is 0 Å². The first-order valence-corrected chi connectivity index (χ1v) is 5.53. The number of hydrogen-bond donors (Lipinski definition) is 1. The summed E-state index contributed by atoms with van der Waals surface area (Å²) >= 11 is 0. The normalized spacial score (nSPS) is 10.6. The molecule has 3 nitrogen and oxygen atoms in total. The van der Waals surface area contributed by atoms with Gasteiger partial charge in [0.05, 0.1) is 13.2 Å². The van der Waals surface area contributed by atoms with Crippen molar-refractivity contribution in [2.45, 2.75) is 40.0 Å². The Balaban J connectivity index is 3.18.